The van der Waals surface area contributed by atoms with Crippen LogP contribution in [-0.4, -0.2) is 4.98 Å². The van der Waals surface area contributed by atoms with Crippen LogP contribution in [0.3, 0.4) is 0 Å². The number of rotatable bonds is 1. The molecule has 0 saturated heterocycles. The van der Waals surface area contributed by atoms with Gasteiger partial charge in [0.2, 0.25) is 0 Å². The Morgan fingerprint density at radius 3 is 2.45 bits per heavy atom. The first kappa shape index (κ1) is 9.89. The molecular weight excluding hydrogens is 134 g/mol. The molecule has 0 N–H and O–H groups in total. The Bertz CT molecular complexity index is 216. The largest absolute Gasteiger partial charge is 0.264 e. The minimum Gasteiger partial charge on any atom is -0.264 e. The van der Waals surface area contributed by atoms with Crippen molar-refractivity contribution in [3.63, 3.8) is 0 Å². The quantitative estimate of drug-likeness (QED) is 0.598. The van der Waals surface area contributed by atoms with Crippen molar-refractivity contribution in [1.29, 1.82) is 0 Å². The highest BCUT2D eigenvalue weighted by Gasteiger charge is 1.87. The summed E-state index contributed by atoms with van der Waals surface area (Å²) in [6.45, 7) is 9.69. The van der Waals surface area contributed by atoms with Gasteiger partial charge in [-0.25, -0.2) is 0 Å². The molecule has 0 unspecified atom stereocenters. The monoisotopic (exact) mass is 149 g/mol. The molecule has 0 fully saturated rings. The lowest BCUT2D eigenvalue weighted by atomic mass is 10.2. The van der Waals surface area contributed by atoms with Crippen molar-refractivity contribution in [2.45, 2.75) is 20.8 Å². The summed E-state index contributed by atoms with van der Waals surface area (Å²) >= 11 is 0. The summed E-state index contributed by atoms with van der Waals surface area (Å²) in [7, 11) is 0. The van der Waals surface area contributed by atoms with Crippen LogP contribution in [0.5, 0.6) is 0 Å². The van der Waals surface area contributed by atoms with Crippen molar-refractivity contribution in [3.05, 3.63) is 36.2 Å². The van der Waals surface area contributed by atoms with E-state index >= 15 is 0 Å². The molecule has 1 heterocycles. The Hall–Kier alpha value is -1.11. The first-order chi connectivity index (χ1) is 5.34. The minimum atomic E-state index is 1.11. The van der Waals surface area contributed by atoms with E-state index in [1.165, 1.54) is 5.56 Å². The first-order valence-electron chi connectivity index (χ1n) is 3.87. The number of hydrogen-bond acceptors (Lipinski definition) is 1. The molecule has 0 amide bonds. The number of hydrogen-bond donors (Lipinski definition) is 0. The van der Waals surface area contributed by atoms with Gasteiger partial charge < -0.3 is 0 Å². The Balaban J connectivity index is 0.000000461. The summed E-state index contributed by atoms with van der Waals surface area (Å²) in [5, 5.41) is 0. The molecule has 0 spiro atoms. The van der Waals surface area contributed by atoms with Crippen molar-refractivity contribution in [3.8, 4) is 0 Å². The average molecular weight is 149 g/mol. The van der Waals surface area contributed by atoms with Crippen LogP contribution in [-0.2, 0) is 0 Å². The predicted octanol–water partition coefficient (Wildman–Crippen LogP) is 3.06. The molecule has 0 radical (unpaired) electrons. The Kier molecular flexibility index (Phi) is 5.09. The molecule has 1 rings (SSSR count). The fraction of sp³-hybridized carbons (Fsp3) is 0.300. The van der Waals surface area contributed by atoms with E-state index in [1.807, 2.05) is 39.1 Å². The van der Waals surface area contributed by atoms with Gasteiger partial charge in [-0.05, 0) is 24.1 Å². The lowest BCUT2D eigenvalue weighted by Gasteiger charge is -1.94. The number of nitrogens with zero attached hydrogens (tertiary/aromatic N) is 1. The van der Waals surface area contributed by atoms with Crippen LogP contribution in [0, 0.1) is 6.92 Å². The van der Waals surface area contributed by atoms with E-state index in [-0.39, 0.29) is 0 Å². The minimum absolute atomic E-state index is 1.11. The fourth-order valence-corrected chi connectivity index (χ4v) is 0.690. The average Bonchev–Trinajstić information content (AvgIpc) is 2.09. The zero-order valence-electron chi connectivity index (χ0n) is 7.46. The van der Waals surface area contributed by atoms with Gasteiger partial charge >= 0.3 is 0 Å². The molecule has 0 bridgehead atoms. The van der Waals surface area contributed by atoms with Crippen molar-refractivity contribution in [2.24, 2.45) is 0 Å². The Labute approximate surface area is 68.8 Å². The van der Waals surface area contributed by atoms with E-state index < -0.39 is 0 Å². The van der Waals surface area contributed by atoms with Gasteiger partial charge in [0.25, 0.3) is 0 Å². The normalized spacial score (nSPS) is 7.91. The second kappa shape index (κ2) is 5.66. The summed E-state index contributed by atoms with van der Waals surface area (Å²) in [6.07, 6.45) is 5.40. The molecule has 0 aromatic carbocycles. The van der Waals surface area contributed by atoms with Gasteiger partial charge in [0.05, 0.1) is 0 Å². The van der Waals surface area contributed by atoms with Crippen molar-refractivity contribution in [2.75, 3.05) is 0 Å². The molecule has 1 aromatic rings. The van der Waals surface area contributed by atoms with E-state index in [1.54, 1.807) is 6.20 Å². The molecule has 11 heavy (non-hydrogen) atoms. The molecule has 0 aliphatic heterocycles. The summed E-state index contributed by atoms with van der Waals surface area (Å²) in [5.41, 5.74) is 2.33. The second-order valence-corrected chi connectivity index (χ2v) is 1.94. The van der Waals surface area contributed by atoms with Gasteiger partial charge in [-0.15, -0.1) is 0 Å². The zero-order chi connectivity index (χ0) is 8.69. The number of aryl methyl sites for hydroxylation is 1. The Morgan fingerprint density at radius 2 is 2.09 bits per heavy atom. The maximum atomic E-state index is 3.95. The highest BCUT2D eigenvalue weighted by atomic mass is 14.6. The van der Waals surface area contributed by atoms with E-state index in [0.29, 0.717) is 0 Å². The molecule has 60 valence electrons. The Morgan fingerprint density at radius 1 is 1.45 bits per heavy atom. The molecule has 0 aliphatic carbocycles. The first-order valence-corrected chi connectivity index (χ1v) is 3.87. The molecule has 1 nitrogen and oxygen atoms in total. The van der Waals surface area contributed by atoms with Gasteiger partial charge in [0.15, 0.2) is 0 Å². The third kappa shape index (κ3) is 2.99. The molecule has 1 heteroatoms. The summed E-state index contributed by atoms with van der Waals surface area (Å²) in [4.78, 5) is 3.95. The summed E-state index contributed by atoms with van der Waals surface area (Å²) < 4.78 is 0. The number of pyridine rings is 1. The highest BCUT2D eigenvalue weighted by molar-refractivity contribution is 5.49. The maximum Gasteiger partial charge on any atom is 0.0342 e. The zero-order valence-corrected chi connectivity index (χ0v) is 7.46. The predicted molar refractivity (Wildman–Crippen MR) is 50.4 cm³/mol. The lowest BCUT2D eigenvalue weighted by Crippen LogP contribution is -1.79. The smallest absolute Gasteiger partial charge is 0.0342 e. The fourth-order valence-electron chi connectivity index (χ4n) is 0.690. The van der Waals surface area contributed by atoms with Gasteiger partial charge in [0.1, 0.15) is 0 Å². The van der Waals surface area contributed by atoms with E-state index in [0.717, 1.165) is 5.56 Å². The van der Waals surface area contributed by atoms with Crippen LogP contribution >= 0.6 is 0 Å². The standard InChI is InChI=1S/C8H9N.C2H6/c1-3-8-6-9-5-4-7(8)2;1-2/h3-6H,1H2,2H3;1-2H3. The third-order valence-corrected chi connectivity index (χ3v) is 1.30. The van der Waals surface area contributed by atoms with Crippen molar-refractivity contribution in [1.82, 2.24) is 4.98 Å². The SMILES string of the molecule is C=Cc1cnccc1C.CC. The van der Waals surface area contributed by atoms with Gasteiger partial charge in [-0.2, -0.15) is 0 Å². The third-order valence-electron chi connectivity index (χ3n) is 1.30. The van der Waals surface area contributed by atoms with E-state index in [9.17, 15) is 0 Å². The van der Waals surface area contributed by atoms with Crippen molar-refractivity contribution >= 4 is 6.08 Å². The lowest BCUT2D eigenvalue weighted by molar-refractivity contribution is 1.27. The topological polar surface area (TPSA) is 12.9 Å². The number of aromatic nitrogens is 1. The maximum absolute atomic E-state index is 3.95. The van der Waals surface area contributed by atoms with Gasteiger partial charge in [0, 0.05) is 12.4 Å². The van der Waals surface area contributed by atoms with Gasteiger partial charge in [-0.1, -0.05) is 26.5 Å². The molecular formula is C10H15N. The molecule has 0 aliphatic rings. The van der Waals surface area contributed by atoms with Crippen LogP contribution in [0.1, 0.15) is 25.0 Å². The van der Waals surface area contributed by atoms with Crippen LogP contribution in [0.15, 0.2) is 25.0 Å². The van der Waals surface area contributed by atoms with Gasteiger partial charge in [-0.3, -0.25) is 4.98 Å². The summed E-state index contributed by atoms with van der Waals surface area (Å²) in [5.74, 6) is 0. The molecule has 0 saturated carbocycles. The van der Waals surface area contributed by atoms with Crippen LogP contribution in [0.4, 0.5) is 0 Å². The van der Waals surface area contributed by atoms with Crippen molar-refractivity contribution < 1.29 is 0 Å². The van der Waals surface area contributed by atoms with Crippen LogP contribution in [0.2, 0.25) is 0 Å². The van der Waals surface area contributed by atoms with Crippen LogP contribution in [0.25, 0.3) is 6.08 Å². The van der Waals surface area contributed by atoms with E-state index in [4.69, 9.17) is 0 Å². The van der Waals surface area contributed by atoms with E-state index in [2.05, 4.69) is 11.6 Å². The second-order valence-electron chi connectivity index (χ2n) is 1.94. The van der Waals surface area contributed by atoms with Crippen LogP contribution < -0.4 is 0 Å². The molecule has 0 atom stereocenters. The molecule has 1 aromatic heterocycles. The highest BCUT2D eigenvalue weighted by Crippen LogP contribution is 2.04. The summed E-state index contributed by atoms with van der Waals surface area (Å²) in [6, 6.07) is 1.97.